The van der Waals surface area contributed by atoms with Crippen molar-refractivity contribution in [3.8, 4) is 11.3 Å². The first kappa shape index (κ1) is 10.4. The average molecular weight is 247 g/mol. The molecule has 2 aromatic heterocycles. The van der Waals surface area contributed by atoms with E-state index >= 15 is 0 Å². The minimum atomic E-state index is 0.912. The zero-order valence-corrected chi connectivity index (χ0v) is 10.6. The van der Waals surface area contributed by atoms with Crippen LogP contribution in [-0.2, 0) is 7.05 Å². The molecular formula is C17H13NO. The first-order valence-corrected chi connectivity index (χ1v) is 6.35. The molecule has 2 heteroatoms. The van der Waals surface area contributed by atoms with Gasteiger partial charge in [0.25, 0.3) is 0 Å². The molecule has 0 saturated carbocycles. The Morgan fingerprint density at radius 3 is 2.53 bits per heavy atom. The molecule has 2 heterocycles. The number of benzene rings is 2. The van der Waals surface area contributed by atoms with Gasteiger partial charge >= 0.3 is 0 Å². The molecule has 0 bridgehead atoms. The van der Waals surface area contributed by atoms with Gasteiger partial charge in [0, 0.05) is 34.4 Å². The van der Waals surface area contributed by atoms with Gasteiger partial charge in [0.2, 0.25) is 0 Å². The first-order valence-electron chi connectivity index (χ1n) is 6.35. The van der Waals surface area contributed by atoms with Crippen LogP contribution in [0.15, 0.2) is 65.3 Å². The number of nitrogens with zero attached hydrogens (tertiary/aromatic N) is 1. The maximum atomic E-state index is 5.48. The van der Waals surface area contributed by atoms with Gasteiger partial charge in [-0.05, 0) is 36.4 Å². The Balaban J connectivity index is 2.11. The van der Waals surface area contributed by atoms with Crippen LogP contribution in [0, 0.1) is 0 Å². The molecule has 0 N–H and O–H groups in total. The van der Waals surface area contributed by atoms with Crippen LogP contribution >= 0.6 is 0 Å². The summed E-state index contributed by atoms with van der Waals surface area (Å²) in [5, 5.41) is 2.56. The Morgan fingerprint density at radius 2 is 1.68 bits per heavy atom. The predicted octanol–water partition coefficient (Wildman–Crippen LogP) is 4.59. The van der Waals surface area contributed by atoms with Crippen LogP contribution in [0.5, 0.6) is 0 Å². The van der Waals surface area contributed by atoms with Crippen molar-refractivity contribution in [2.75, 3.05) is 0 Å². The van der Waals surface area contributed by atoms with Crippen molar-refractivity contribution in [1.82, 2.24) is 4.57 Å². The smallest absolute Gasteiger partial charge is 0.133 e. The van der Waals surface area contributed by atoms with Crippen molar-refractivity contribution in [1.29, 1.82) is 0 Å². The molecular weight excluding hydrogens is 234 g/mol. The summed E-state index contributed by atoms with van der Waals surface area (Å²) in [5.41, 5.74) is 3.62. The van der Waals surface area contributed by atoms with Crippen LogP contribution in [0.3, 0.4) is 0 Å². The van der Waals surface area contributed by atoms with Crippen LogP contribution in [0.1, 0.15) is 0 Å². The van der Waals surface area contributed by atoms with Crippen LogP contribution < -0.4 is 0 Å². The van der Waals surface area contributed by atoms with Gasteiger partial charge in [-0.15, -0.1) is 0 Å². The third-order valence-electron chi connectivity index (χ3n) is 3.72. The molecule has 4 aromatic rings. The number of aromatic nitrogens is 1. The molecule has 0 aliphatic rings. The lowest BCUT2D eigenvalue weighted by molar-refractivity contribution is 0.582. The fraction of sp³-hybridized carbons (Fsp3) is 0.0588. The Hall–Kier alpha value is -2.48. The Bertz CT molecular complexity index is 869. The van der Waals surface area contributed by atoms with E-state index in [2.05, 4.69) is 54.1 Å². The zero-order valence-electron chi connectivity index (χ0n) is 10.6. The number of hydrogen-bond acceptors (Lipinski definition) is 1. The van der Waals surface area contributed by atoms with E-state index in [4.69, 9.17) is 4.42 Å². The Kier molecular flexibility index (Phi) is 2.06. The minimum Gasteiger partial charge on any atom is -0.464 e. The van der Waals surface area contributed by atoms with Crippen molar-refractivity contribution in [2.24, 2.45) is 7.05 Å². The number of para-hydroxylation sites is 1. The highest BCUT2D eigenvalue weighted by Gasteiger charge is 2.09. The maximum Gasteiger partial charge on any atom is 0.133 e. The average Bonchev–Trinajstić information content (AvgIpc) is 3.08. The quantitative estimate of drug-likeness (QED) is 0.481. The largest absolute Gasteiger partial charge is 0.464 e. The SMILES string of the molecule is Cn1c2ccccc2c2cc(-c3ccco3)ccc21. The summed E-state index contributed by atoms with van der Waals surface area (Å²) < 4.78 is 7.71. The van der Waals surface area contributed by atoms with Crippen molar-refractivity contribution >= 4 is 21.8 Å². The van der Waals surface area contributed by atoms with Crippen molar-refractivity contribution in [2.45, 2.75) is 0 Å². The molecule has 19 heavy (non-hydrogen) atoms. The van der Waals surface area contributed by atoms with E-state index in [1.165, 1.54) is 21.8 Å². The van der Waals surface area contributed by atoms with E-state index in [0.717, 1.165) is 11.3 Å². The molecule has 0 unspecified atom stereocenters. The molecule has 0 spiro atoms. The molecule has 92 valence electrons. The fourth-order valence-electron chi connectivity index (χ4n) is 2.76. The second-order valence-corrected chi connectivity index (χ2v) is 4.79. The summed E-state index contributed by atoms with van der Waals surface area (Å²) in [5.74, 6) is 0.912. The number of hydrogen-bond donors (Lipinski definition) is 0. The molecule has 2 nitrogen and oxygen atoms in total. The predicted molar refractivity (Wildman–Crippen MR) is 78.1 cm³/mol. The summed E-state index contributed by atoms with van der Waals surface area (Å²) in [6.07, 6.45) is 1.71. The number of fused-ring (bicyclic) bond motifs is 3. The number of furan rings is 1. The summed E-state index contributed by atoms with van der Waals surface area (Å²) in [6, 6.07) is 18.9. The standard InChI is InChI=1S/C17H13NO/c1-18-15-6-3-2-5-13(15)14-11-12(8-9-16(14)18)17-7-4-10-19-17/h2-11H,1H3. The summed E-state index contributed by atoms with van der Waals surface area (Å²) in [6.45, 7) is 0. The van der Waals surface area contributed by atoms with E-state index in [9.17, 15) is 0 Å². The van der Waals surface area contributed by atoms with Gasteiger partial charge in [0.1, 0.15) is 5.76 Å². The number of aryl methyl sites for hydroxylation is 1. The summed E-state index contributed by atoms with van der Waals surface area (Å²) in [7, 11) is 2.11. The van der Waals surface area contributed by atoms with Gasteiger partial charge in [-0.25, -0.2) is 0 Å². The lowest BCUT2D eigenvalue weighted by Crippen LogP contribution is -1.85. The summed E-state index contributed by atoms with van der Waals surface area (Å²) in [4.78, 5) is 0. The van der Waals surface area contributed by atoms with Crippen LogP contribution in [0.2, 0.25) is 0 Å². The van der Waals surface area contributed by atoms with E-state index in [-0.39, 0.29) is 0 Å². The molecule has 0 saturated heterocycles. The van der Waals surface area contributed by atoms with Gasteiger partial charge in [-0.3, -0.25) is 0 Å². The van der Waals surface area contributed by atoms with Crippen LogP contribution in [0.25, 0.3) is 33.1 Å². The topological polar surface area (TPSA) is 18.1 Å². The molecule has 0 aliphatic heterocycles. The number of rotatable bonds is 1. The van der Waals surface area contributed by atoms with Gasteiger partial charge in [-0.1, -0.05) is 18.2 Å². The normalized spacial score (nSPS) is 11.4. The molecule has 0 fully saturated rings. The third-order valence-corrected chi connectivity index (χ3v) is 3.72. The Morgan fingerprint density at radius 1 is 0.842 bits per heavy atom. The molecule has 0 aliphatic carbocycles. The third kappa shape index (κ3) is 1.43. The van der Waals surface area contributed by atoms with Crippen molar-refractivity contribution in [3.05, 3.63) is 60.9 Å². The highest BCUT2D eigenvalue weighted by atomic mass is 16.3. The fourth-order valence-corrected chi connectivity index (χ4v) is 2.76. The molecule has 0 radical (unpaired) electrons. The maximum absolute atomic E-state index is 5.48. The van der Waals surface area contributed by atoms with Gasteiger partial charge < -0.3 is 8.98 Å². The van der Waals surface area contributed by atoms with E-state index in [1.54, 1.807) is 6.26 Å². The molecule has 0 atom stereocenters. The Labute approximate surface area is 110 Å². The van der Waals surface area contributed by atoms with Gasteiger partial charge in [0.15, 0.2) is 0 Å². The van der Waals surface area contributed by atoms with E-state index in [0.29, 0.717) is 0 Å². The van der Waals surface area contributed by atoms with Gasteiger partial charge in [0.05, 0.1) is 6.26 Å². The van der Waals surface area contributed by atoms with Crippen LogP contribution in [0.4, 0.5) is 0 Å². The molecule has 4 rings (SSSR count). The van der Waals surface area contributed by atoms with E-state index in [1.807, 2.05) is 12.1 Å². The highest BCUT2D eigenvalue weighted by molar-refractivity contribution is 6.09. The first-order chi connectivity index (χ1) is 9.34. The monoisotopic (exact) mass is 247 g/mol. The minimum absolute atomic E-state index is 0.912. The van der Waals surface area contributed by atoms with Crippen LogP contribution in [-0.4, -0.2) is 4.57 Å². The van der Waals surface area contributed by atoms with E-state index < -0.39 is 0 Å². The second kappa shape index (κ2) is 3.75. The molecule has 0 amide bonds. The second-order valence-electron chi connectivity index (χ2n) is 4.79. The molecule has 2 aromatic carbocycles. The van der Waals surface area contributed by atoms with Crippen molar-refractivity contribution < 1.29 is 4.42 Å². The van der Waals surface area contributed by atoms with Gasteiger partial charge in [-0.2, -0.15) is 0 Å². The zero-order chi connectivity index (χ0) is 12.8. The summed E-state index contributed by atoms with van der Waals surface area (Å²) >= 11 is 0. The lowest BCUT2D eigenvalue weighted by Gasteiger charge is -1.99. The lowest BCUT2D eigenvalue weighted by atomic mass is 10.1. The van der Waals surface area contributed by atoms with Crippen molar-refractivity contribution in [3.63, 3.8) is 0 Å². The highest BCUT2D eigenvalue weighted by Crippen LogP contribution is 2.31.